The maximum absolute atomic E-state index is 12.3. The summed E-state index contributed by atoms with van der Waals surface area (Å²) in [6.45, 7) is 2.78. The van der Waals surface area contributed by atoms with Gasteiger partial charge in [0, 0.05) is 23.1 Å². The van der Waals surface area contributed by atoms with Crippen LogP contribution in [0.2, 0.25) is 0 Å². The molecular formula is C17H16N2O. The van der Waals surface area contributed by atoms with Crippen molar-refractivity contribution >= 4 is 22.3 Å². The predicted octanol–water partition coefficient (Wildman–Crippen LogP) is 3.69. The van der Waals surface area contributed by atoms with Gasteiger partial charge >= 0.3 is 0 Å². The molecule has 0 aliphatic carbocycles. The fraction of sp³-hybridized carbons (Fsp3) is 0.118. The van der Waals surface area contributed by atoms with Gasteiger partial charge in [-0.3, -0.25) is 4.79 Å². The molecule has 0 saturated heterocycles. The van der Waals surface area contributed by atoms with Gasteiger partial charge in [-0.15, -0.1) is 0 Å². The molecule has 3 nitrogen and oxygen atoms in total. The number of anilines is 2. The Kier molecular flexibility index (Phi) is 3.25. The van der Waals surface area contributed by atoms with Gasteiger partial charge in [0.05, 0.1) is 0 Å². The molecule has 0 aliphatic rings. The molecule has 0 amide bonds. The lowest BCUT2D eigenvalue weighted by Crippen LogP contribution is -2.24. The summed E-state index contributed by atoms with van der Waals surface area (Å²) in [5, 5.41) is 1.04. The van der Waals surface area contributed by atoms with Gasteiger partial charge < -0.3 is 9.88 Å². The average Bonchev–Trinajstić information content (AvgIpc) is 2.49. The molecule has 3 aromatic rings. The first-order chi connectivity index (χ1) is 9.79. The Labute approximate surface area is 117 Å². The highest BCUT2D eigenvalue weighted by Gasteiger charge is 2.11. The number of pyridine rings is 1. The SMILES string of the molecule is CCN(c1ccccc1)c1cc2ccccc2[nH]c1=O. The minimum Gasteiger partial charge on any atom is -0.337 e. The second-order valence-electron chi connectivity index (χ2n) is 4.65. The predicted molar refractivity (Wildman–Crippen MR) is 83.7 cm³/mol. The molecule has 0 atom stereocenters. The van der Waals surface area contributed by atoms with Crippen LogP contribution in [0.5, 0.6) is 0 Å². The normalized spacial score (nSPS) is 10.7. The molecule has 1 aromatic heterocycles. The van der Waals surface area contributed by atoms with Crippen LogP contribution in [-0.4, -0.2) is 11.5 Å². The van der Waals surface area contributed by atoms with Crippen LogP contribution in [0.15, 0.2) is 65.5 Å². The van der Waals surface area contributed by atoms with Crippen LogP contribution in [-0.2, 0) is 0 Å². The van der Waals surface area contributed by atoms with E-state index in [4.69, 9.17) is 0 Å². The molecule has 3 heteroatoms. The Balaban J connectivity index is 2.17. The van der Waals surface area contributed by atoms with Crippen molar-refractivity contribution in [1.82, 2.24) is 4.98 Å². The van der Waals surface area contributed by atoms with E-state index >= 15 is 0 Å². The Bertz CT molecular complexity index is 778. The van der Waals surface area contributed by atoms with Gasteiger partial charge in [0.15, 0.2) is 0 Å². The lowest BCUT2D eigenvalue weighted by atomic mass is 10.2. The van der Waals surface area contributed by atoms with Crippen LogP contribution in [0, 0.1) is 0 Å². The second-order valence-corrected chi connectivity index (χ2v) is 4.65. The topological polar surface area (TPSA) is 36.1 Å². The van der Waals surface area contributed by atoms with Crippen molar-refractivity contribution in [3.05, 3.63) is 71.0 Å². The Hall–Kier alpha value is -2.55. The minimum absolute atomic E-state index is 0.0607. The number of nitrogens with one attached hydrogen (secondary N) is 1. The number of benzene rings is 2. The number of hydrogen-bond acceptors (Lipinski definition) is 2. The van der Waals surface area contributed by atoms with Crippen LogP contribution in [0.25, 0.3) is 10.9 Å². The van der Waals surface area contributed by atoms with Crippen LogP contribution >= 0.6 is 0 Å². The van der Waals surface area contributed by atoms with Crippen molar-refractivity contribution in [3.8, 4) is 0 Å². The second kappa shape index (κ2) is 5.21. The molecule has 0 bridgehead atoms. The van der Waals surface area contributed by atoms with E-state index in [-0.39, 0.29) is 5.56 Å². The van der Waals surface area contributed by atoms with Crippen molar-refractivity contribution in [2.45, 2.75) is 6.92 Å². The van der Waals surface area contributed by atoms with Crippen molar-refractivity contribution in [2.24, 2.45) is 0 Å². The molecule has 0 aliphatic heterocycles. The van der Waals surface area contributed by atoms with E-state index in [1.807, 2.05) is 72.5 Å². The molecule has 0 saturated carbocycles. The highest BCUT2D eigenvalue weighted by molar-refractivity contribution is 5.82. The number of aromatic nitrogens is 1. The molecule has 3 rings (SSSR count). The van der Waals surface area contributed by atoms with Gasteiger partial charge in [0.2, 0.25) is 0 Å². The van der Waals surface area contributed by atoms with E-state index in [9.17, 15) is 4.79 Å². The third-order valence-electron chi connectivity index (χ3n) is 3.41. The largest absolute Gasteiger partial charge is 0.337 e. The van der Waals surface area contributed by atoms with Gasteiger partial charge in [0.25, 0.3) is 5.56 Å². The quantitative estimate of drug-likeness (QED) is 0.783. The van der Waals surface area contributed by atoms with Crippen molar-refractivity contribution in [1.29, 1.82) is 0 Å². The third kappa shape index (κ3) is 2.18. The third-order valence-corrected chi connectivity index (χ3v) is 3.41. The molecule has 0 spiro atoms. The van der Waals surface area contributed by atoms with Gasteiger partial charge in [-0.05, 0) is 31.2 Å². The van der Waals surface area contributed by atoms with Crippen molar-refractivity contribution in [3.63, 3.8) is 0 Å². The van der Waals surface area contributed by atoms with E-state index in [0.29, 0.717) is 5.69 Å². The molecule has 0 radical (unpaired) electrons. The Morgan fingerprint density at radius 2 is 1.70 bits per heavy atom. The van der Waals surface area contributed by atoms with E-state index in [1.165, 1.54) is 0 Å². The fourth-order valence-corrected chi connectivity index (χ4v) is 2.44. The standard InChI is InChI=1S/C17H16N2O/c1-2-19(14-9-4-3-5-10-14)16-12-13-8-6-7-11-15(13)18-17(16)20/h3-12H,2H2,1H3,(H,18,20). The Morgan fingerprint density at radius 3 is 2.45 bits per heavy atom. The summed E-state index contributed by atoms with van der Waals surface area (Å²) in [6.07, 6.45) is 0. The molecule has 2 aromatic carbocycles. The van der Waals surface area contributed by atoms with Crippen molar-refractivity contribution < 1.29 is 0 Å². The summed E-state index contributed by atoms with van der Waals surface area (Å²) in [5.74, 6) is 0. The molecule has 1 N–H and O–H groups in total. The monoisotopic (exact) mass is 264 g/mol. The maximum Gasteiger partial charge on any atom is 0.272 e. The zero-order chi connectivity index (χ0) is 13.9. The number of hydrogen-bond donors (Lipinski definition) is 1. The molecule has 1 heterocycles. The van der Waals surface area contributed by atoms with Crippen LogP contribution in [0.3, 0.4) is 0 Å². The smallest absolute Gasteiger partial charge is 0.272 e. The molecule has 0 unspecified atom stereocenters. The number of H-pyrrole nitrogens is 1. The summed E-state index contributed by atoms with van der Waals surface area (Å²) < 4.78 is 0. The van der Waals surface area contributed by atoms with E-state index in [2.05, 4.69) is 4.98 Å². The maximum atomic E-state index is 12.3. The van der Waals surface area contributed by atoms with E-state index in [0.717, 1.165) is 23.1 Å². The summed E-state index contributed by atoms with van der Waals surface area (Å²) in [4.78, 5) is 17.3. The molecule has 0 fully saturated rings. The average molecular weight is 264 g/mol. The first kappa shape index (κ1) is 12.5. The van der Waals surface area contributed by atoms with Gasteiger partial charge in [-0.25, -0.2) is 0 Å². The first-order valence-corrected chi connectivity index (χ1v) is 6.74. The first-order valence-electron chi connectivity index (χ1n) is 6.74. The van der Waals surface area contributed by atoms with Gasteiger partial charge in [-0.2, -0.15) is 0 Å². The highest BCUT2D eigenvalue weighted by atomic mass is 16.1. The number of nitrogens with zero attached hydrogens (tertiary/aromatic N) is 1. The minimum atomic E-state index is -0.0607. The van der Waals surface area contributed by atoms with Crippen LogP contribution in [0.4, 0.5) is 11.4 Å². The summed E-state index contributed by atoms with van der Waals surface area (Å²) in [5.41, 5.74) is 2.51. The van der Waals surface area contributed by atoms with E-state index in [1.54, 1.807) is 0 Å². The van der Waals surface area contributed by atoms with Crippen molar-refractivity contribution in [2.75, 3.05) is 11.4 Å². The summed E-state index contributed by atoms with van der Waals surface area (Å²) in [6, 6.07) is 19.7. The number of fused-ring (bicyclic) bond motifs is 1. The summed E-state index contributed by atoms with van der Waals surface area (Å²) >= 11 is 0. The number of para-hydroxylation sites is 2. The summed E-state index contributed by atoms with van der Waals surface area (Å²) in [7, 11) is 0. The van der Waals surface area contributed by atoms with Gasteiger partial charge in [0.1, 0.15) is 5.69 Å². The fourth-order valence-electron chi connectivity index (χ4n) is 2.44. The Morgan fingerprint density at radius 1 is 1.00 bits per heavy atom. The highest BCUT2D eigenvalue weighted by Crippen LogP contribution is 2.23. The van der Waals surface area contributed by atoms with Gasteiger partial charge in [-0.1, -0.05) is 36.4 Å². The van der Waals surface area contributed by atoms with E-state index < -0.39 is 0 Å². The molecular weight excluding hydrogens is 248 g/mol. The van der Waals surface area contributed by atoms with Crippen LogP contribution in [0.1, 0.15) is 6.92 Å². The van der Waals surface area contributed by atoms with Crippen LogP contribution < -0.4 is 10.5 Å². The molecule has 20 heavy (non-hydrogen) atoms. The lowest BCUT2D eigenvalue weighted by Gasteiger charge is -2.22. The molecule has 100 valence electrons. The zero-order valence-corrected chi connectivity index (χ0v) is 11.3. The number of aromatic amines is 1. The lowest BCUT2D eigenvalue weighted by molar-refractivity contribution is 1.01. The number of rotatable bonds is 3. The zero-order valence-electron chi connectivity index (χ0n) is 11.3.